The molecule has 1 aromatic carbocycles. The molecule has 4 heterocycles. The number of nitrogens with zero attached hydrogens (tertiary/aromatic N) is 5. The molecule has 0 amide bonds. The van der Waals surface area contributed by atoms with Gasteiger partial charge in [0.05, 0.1) is 23.5 Å². The summed E-state index contributed by atoms with van der Waals surface area (Å²) in [4.78, 5) is 8.85. The molecule has 34 heavy (non-hydrogen) atoms. The van der Waals surface area contributed by atoms with Gasteiger partial charge in [0, 0.05) is 22.6 Å². The first kappa shape index (κ1) is 22.1. The van der Waals surface area contributed by atoms with E-state index in [1.54, 1.807) is 6.20 Å². The number of fused-ring (bicyclic) bond motifs is 1. The van der Waals surface area contributed by atoms with E-state index in [0.717, 1.165) is 11.6 Å². The predicted molar refractivity (Wildman–Crippen MR) is 109 cm³/mol. The third kappa shape index (κ3) is 4.25. The van der Waals surface area contributed by atoms with Crippen LogP contribution in [0.1, 0.15) is 16.9 Å². The third-order valence-corrected chi connectivity index (χ3v) is 5.58. The van der Waals surface area contributed by atoms with Crippen LogP contribution in [0, 0.1) is 0 Å². The van der Waals surface area contributed by atoms with E-state index in [1.165, 1.54) is 28.3 Å². The Morgan fingerprint density at radius 3 is 2.41 bits per heavy atom. The number of halogens is 6. The Kier molecular flexibility index (Phi) is 5.15. The van der Waals surface area contributed by atoms with Crippen molar-refractivity contribution in [3.05, 3.63) is 70.4 Å². The van der Waals surface area contributed by atoms with Crippen LogP contribution in [0.15, 0.2) is 58.0 Å². The Labute approximate surface area is 190 Å². The van der Waals surface area contributed by atoms with E-state index in [1.807, 2.05) is 16.8 Å². The molecule has 6 nitrogen and oxygen atoms in total. The summed E-state index contributed by atoms with van der Waals surface area (Å²) in [6.07, 6.45) is -6.85. The molecule has 0 unspecified atom stereocenters. The highest BCUT2D eigenvalue weighted by Crippen LogP contribution is 2.40. The summed E-state index contributed by atoms with van der Waals surface area (Å²) in [6, 6.07) is 4.47. The zero-order valence-electron chi connectivity index (χ0n) is 16.7. The maximum Gasteiger partial charge on any atom is 0.417 e. The van der Waals surface area contributed by atoms with Gasteiger partial charge in [-0.3, -0.25) is 4.68 Å². The molecule has 0 radical (unpaired) electrons. The van der Waals surface area contributed by atoms with Crippen LogP contribution in [0.25, 0.3) is 34.0 Å². The van der Waals surface area contributed by atoms with Crippen molar-refractivity contribution in [2.75, 3.05) is 0 Å². The third-order valence-electron chi connectivity index (χ3n) is 4.90. The van der Waals surface area contributed by atoms with Crippen LogP contribution in [0.3, 0.4) is 0 Å². The summed E-state index contributed by atoms with van der Waals surface area (Å²) in [7, 11) is 0. The molecule has 0 saturated heterocycles. The maximum absolute atomic E-state index is 13.5. The Morgan fingerprint density at radius 2 is 1.71 bits per heavy atom. The van der Waals surface area contributed by atoms with E-state index in [-0.39, 0.29) is 24.1 Å². The number of benzene rings is 1. The van der Waals surface area contributed by atoms with Gasteiger partial charge in [0.2, 0.25) is 0 Å². The van der Waals surface area contributed by atoms with Gasteiger partial charge in [0.15, 0.2) is 11.6 Å². The van der Waals surface area contributed by atoms with Crippen molar-refractivity contribution in [1.29, 1.82) is 0 Å². The number of aromatic nitrogens is 5. The van der Waals surface area contributed by atoms with Gasteiger partial charge in [-0.15, -0.1) is 0 Å². The standard InChI is InChI=1S/C21H11F6N5OS/c22-20(23,24)12-1-2-14(15(5-12)21(25,26)27)16-6-13(33-31-16)8-32-9-18-17(7-28-32)29-19(30-18)11-3-4-34-10-11/h1-7,9-10H,8H2. The zero-order valence-corrected chi connectivity index (χ0v) is 17.5. The molecule has 0 bridgehead atoms. The van der Waals surface area contributed by atoms with Crippen molar-refractivity contribution in [2.24, 2.45) is 0 Å². The fourth-order valence-electron chi connectivity index (χ4n) is 3.32. The fraction of sp³-hybridized carbons (Fsp3) is 0.143. The van der Waals surface area contributed by atoms with Crippen molar-refractivity contribution in [2.45, 2.75) is 18.9 Å². The minimum absolute atomic E-state index is 0.00553. The first-order chi connectivity index (χ1) is 16.1. The van der Waals surface area contributed by atoms with Gasteiger partial charge < -0.3 is 4.52 Å². The lowest BCUT2D eigenvalue weighted by atomic mass is 10.0. The first-order valence-corrected chi connectivity index (χ1v) is 10.5. The van der Waals surface area contributed by atoms with Gasteiger partial charge in [-0.1, -0.05) is 11.2 Å². The minimum Gasteiger partial charge on any atom is -0.359 e. The molecule has 3 aromatic rings. The van der Waals surface area contributed by atoms with Gasteiger partial charge in [0.1, 0.15) is 23.6 Å². The number of alkyl halides is 6. The highest BCUT2D eigenvalue weighted by atomic mass is 32.1. The Hall–Kier alpha value is -3.74. The molecule has 2 aromatic heterocycles. The van der Waals surface area contributed by atoms with Gasteiger partial charge in [-0.25, -0.2) is 9.97 Å². The van der Waals surface area contributed by atoms with Crippen LogP contribution in [-0.4, -0.2) is 24.9 Å². The lowest BCUT2D eigenvalue weighted by Crippen LogP contribution is -2.12. The second kappa shape index (κ2) is 7.94. The van der Waals surface area contributed by atoms with Crippen LogP contribution < -0.4 is 0 Å². The highest BCUT2D eigenvalue weighted by Gasteiger charge is 2.38. The van der Waals surface area contributed by atoms with E-state index < -0.39 is 29.0 Å². The molecule has 2 aliphatic rings. The molecule has 0 saturated carbocycles. The van der Waals surface area contributed by atoms with Gasteiger partial charge in [-0.2, -0.15) is 42.8 Å². The van der Waals surface area contributed by atoms with Crippen LogP contribution in [0.2, 0.25) is 0 Å². The molecule has 0 aliphatic carbocycles. The van der Waals surface area contributed by atoms with Gasteiger partial charge >= 0.3 is 12.4 Å². The zero-order chi connectivity index (χ0) is 24.1. The van der Waals surface area contributed by atoms with Crippen LogP contribution in [0.4, 0.5) is 26.3 Å². The molecule has 0 fully saturated rings. The largest absolute Gasteiger partial charge is 0.417 e. The summed E-state index contributed by atoms with van der Waals surface area (Å²) in [5, 5.41) is 11.6. The van der Waals surface area contributed by atoms with E-state index in [9.17, 15) is 26.3 Å². The van der Waals surface area contributed by atoms with E-state index in [4.69, 9.17) is 4.52 Å². The summed E-state index contributed by atoms with van der Waals surface area (Å²) in [5.74, 6) is 0.692. The topological polar surface area (TPSA) is 69.6 Å². The normalized spacial score (nSPS) is 12.5. The number of hydrogen-bond donors (Lipinski definition) is 0. The van der Waals surface area contributed by atoms with Crippen molar-refractivity contribution < 1.29 is 30.9 Å². The fourth-order valence-corrected chi connectivity index (χ4v) is 3.96. The summed E-state index contributed by atoms with van der Waals surface area (Å²) in [5.41, 5.74) is -1.64. The van der Waals surface area contributed by atoms with Crippen molar-refractivity contribution in [1.82, 2.24) is 24.9 Å². The molecule has 5 rings (SSSR count). The Bertz CT molecular complexity index is 1420. The monoisotopic (exact) mass is 495 g/mol. The summed E-state index contributed by atoms with van der Waals surface area (Å²) >= 11 is 1.51. The van der Waals surface area contributed by atoms with Crippen molar-refractivity contribution >= 4 is 11.3 Å². The quantitative estimate of drug-likeness (QED) is 0.276. The van der Waals surface area contributed by atoms with Crippen molar-refractivity contribution in [3.8, 4) is 34.0 Å². The van der Waals surface area contributed by atoms with E-state index in [2.05, 4.69) is 20.2 Å². The van der Waals surface area contributed by atoms with Crippen LogP contribution in [0.5, 0.6) is 0 Å². The average Bonchev–Trinajstić information content (AvgIpc) is 3.52. The number of thiophene rings is 1. The summed E-state index contributed by atoms with van der Waals surface area (Å²) < 4.78 is 85.7. The smallest absolute Gasteiger partial charge is 0.359 e. The number of rotatable bonds is 4. The molecular weight excluding hydrogens is 484 g/mol. The lowest BCUT2D eigenvalue weighted by molar-refractivity contribution is -0.142. The molecule has 0 atom stereocenters. The second-order valence-electron chi connectivity index (χ2n) is 7.24. The predicted octanol–water partition coefficient (Wildman–Crippen LogP) is 6.25. The molecule has 2 aliphatic heterocycles. The molecule has 174 valence electrons. The van der Waals surface area contributed by atoms with Crippen molar-refractivity contribution in [3.63, 3.8) is 0 Å². The lowest BCUT2D eigenvalue weighted by Gasteiger charge is -2.14. The first-order valence-electron chi connectivity index (χ1n) is 9.55. The van der Waals surface area contributed by atoms with E-state index in [0.29, 0.717) is 23.3 Å². The maximum atomic E-state index is 13.5. The highest BCUT2D eigenvalue weighted by molar-refractivity contribution is 7.08. The molecule has 0 N–H and O–H groups in total. The minimum atomic E-state index is -5.02. The number of hydrogen-bond acceptors (Lipinski definition) is 6. The van der Waals surface area contributed by atoms with Crippen LogP contribution >= 0.6 is 11.3 Å². The Morgan fingerprint density at radius 1 is 0.912 bits per heavy atom. The van der Waals surface area contributed by atoms with Gasteiger partial charge in [-0.05, 0) is 23.6 Å². The van der Waals surface area contributed by atoms with Gasteiger partial charge in [0.25, 0.3) is 0 Å². The summed E-state index contributed by atoms with van der Waals surface area (Å²) in [6.45, 7) is 0.00553. The SMILES string of the molecule is FC(F)(F)c1ccc(-c2cc(Cn3cc4nc(-c5ccsc5)nc-4cn3)on2)c(C(F)(F)F)c1. The second-order valence-corrected chi connectivity index (χ2v) is 8.02. The average molecular weight is 495 g/mol. The molecular formula is C21H11F6N5OS. The molecule has 0 spiro atoms. The Balaban J connectivity index is 1.44. The van der Waals surface area contributed by atoms with Crippen LogP contribution in [-0.2, 0) is 18.9 Å². The van der Waals surface area contributed by atoms with E-state index >= 15 is 0 Å². The molecule has 13 heteroatoms. The number of imidazole rings is 1.